The Balaban J connectivity index is 2.99. The minimum absolute atomic E-state index is 0.0503. The van der Waals surface area contributed by atoms with E-state index in [9.17, 15) is 4.79 Å². The molecular weight excluding hydrogens is 228 g/mol. The van der Waals surface area contributed by atoms with Crippen molar-refractivity contribution in [2.45, 2.75) is 39.7 Å². The molecule has 0 saturated heterocycles. The van der Waals surface area contributed by atoms with Gasteiger partial charge in [0.05, 0.1) is 0 Å². The van der Waals surface area contributed by atoms with Crippen LogP contribution in [0.15, 0.2) is 6.07 Å². The van der Waals surface area contributed by atoms with Crippen molar-refractivity contribution in [3.63, 3.8) is 0 Å². The van der Waals surface area contributed by atoms with E-state index in [1.807, 2.05) is 14.0 Å². The zero-order chi connectivity index (χ0) is 13.7. The SMILES string of the molecule is CCC(CC)N(C)C(=O)c1cc(C)nc(NC)n1. The Labute approximate surface area is 109 Å². The third kappa shape index (κ3) is 3.18. The molecule has 0 aliphatic rings. The van der Waals surface area contributed by atoms with Gasteiger partial charge in [0.25, 0.3) is 5.91 Å². The largest absolute Gasteiger partial charge is 0.357 e. The minimum atomic E-state index is -0.0503. The van der Waals surface area contributed by atoms with Crippen molar-refractivity contribution in [2.75, 3.05) is 19.4 Å². The smallest absolute Gasteiger partial charge is 0.272 e. The van der Waals surface area contributed by atoms with E-state index in [4.69, 9.17) is 0 Å². The standard InChI is InChI=1S/C13H22N4O/c1-6-10(7-2)17(5)12(18)11-8-9(3)15-13(14-4)16-11/h8,10H,6-7H2,1-5H3,(H,14,15,16). The fourth-order valence-electron chi connectivity index (χ4n) is 1.97. The third-order valence-electron chi connectivity index (χ3n) is 3.11. The average molecular weight is 250 g/mol. The van der Waals surface area contributed by atoms with Crippen molar-refractivity contribution >= 4 is 11.9 Å². The molecule has 0 aromatic carbocycles. The molecule has 0 bridgehead atoms. The summed E-state index contributed by atoms with van der Waals surface area (Å²) in [6.45, 7) is 6.03. The van der Waals surface area contributed by atoms with Crippen LogP contribution in [-0.4, -0.2) is 40.9 Å². The van der Waals surface area contributed by atoms with E-state index < -0.39 is 0 Å². The van der Waals surface area contributed by atoms with Gasteiger partial charge in [-0.15, -0.1) is 0 Å². The van der Waals surface area contributed by atoms with E-state index in [1.165, 1.54) is 0 Å². The predicted molar refractivity (Wildman–Crippen MR) is 72.8 cm³/mol. The maximum atomic E-state index is 12.3. The molecule has 0 aliphatic carbocycles. The molecule has 0 fully saturated rings. The summed E-state index contributed by atoms with van der Waals surface area (Å²) in [5, 5.41) is 2.87. The van der Waals surface area contributed by atoms with Gasteiger partial charge in [0.1, 0.15) is 5.69 Å². The summed E-state index contributed by atoms with van der Waals surface area (Å²) < 4.78 is 0. The number of hydrogen-bond acceptors (Lipinski definition) is 4. The zero-order valence-corrected chi connectivity index (χ0v) is 11.8. The van der Waals surface area contributed by atoms with Gasteiger partial charge in [0, 0.05) is 25.8 Å². The van der Waals surface area contributed by atoms with Crippen LogP contribution in [0, 0.1) is 6.92 Å². The highest BCUT2D eigenvalue weighted by molar-refractivity contribution is 5.92. The summed E-state index contributed by atoms with van der Waals surface area (Å²) in [6.07, 6.45) is 1.89. The molecule has 1 heterocycles. The minimum Gasteiger partial charge on any atom is -0.357 e. The molecule has 5 nitrogen and oxygen atoms in total. The molecule has 0 aliphatic heterocycles. The normalized spacial score (nSPS) is 10.6. The van der Waals surface area contributed by atoms with Gasteiger partial charge in [-0.2, -0.15) is 0 Å². The molecule has 1 aromatic heterocycles. The van der Waals surface area contributed by atoms with Crippen molar-refractivity contribution < 1.29 is 4.79 Å². The summed E-state index contributed by atoms with van der Waals surface area (Å²) in [5.41, 5.74) is 1.23. The molecule has 1 amide bonds. The van der Waals surface area contributed by atoms with Gasteiger partial charge in [-0.25, -0.2) is 9.97 Å². The molecule has 0 radical (unpaired) electrons. The Morgan fingerprint density at radius 3 is 2.50 bits per heavy atom. The number of aryl methyl sites for hydroxylation is 1. The van der Waals surface area contributed by atoms with E-state index >= 15 is 0 Å². The fraction of sp³-hybridized carbons (Fsp3) is 0.615. The first-order valence-electron chi connectivity index (χ1n) is 6.34. The molecule has 0 unspecified atom stereocenters. The van der Waals surface area contributed by atoms with Crippen LogP contribution in [0.5, 0.6) is 0 Å². The quantitative estimate of drug-likeness (QED) is 0.869. The molecule has 18 heavy (non-hydrogen) atoms. The topological polar surface area (TPSA) is 58.1 Å². The molecule has 0 atom stereocenters. The van der Waals surface area contributed by atoms with Gasteiger partial charge in [-0.3, -0.25) is 4.79 Å². The van der Waals surface area contributed by atoms with Crippen molar-refractivity contribution in [1.82, 2.24) is 14.9 Å². The lowest BCUT2D eigenvalue weighted by Gasteiger charge is -2.26. The number of nitrogens with zero attached hydrogens (tertiary/aromatic N) is 3. The Bertz CT molecular complexity index is 415. The van der Waals surface area contributed by atoms with Crippen LogP contribution in [0.1, 0.15) is 42.9 Å². The lowest BCUT2D eigenvalue weighted by atomic mass is 10.1. The number of carbonyl (C=O) groups is 1. The molecule has 0 spiro atoms. The van der Waals surface area contributed by atoms with Gasteiger partial charge in [-0.05, 0) is 25.8 Å². The molecule has 1 rings (SSSR count). The number of nitrogens with one attached hydrogen (secondary N) is 1. The van der Waals surface area contributed by atoms with E-state index in [2.05, 4.69) is 29.1 Å². The predicted octanol–water partition coefficient (Wildman–Crippen LogP) is 2.09. The molecule has 1 N–H and O–H groups in total. The van der Waals surface area contributed by atoms with Crippen LogP contribution in [0.3, 0.4) is 0 Å². The second kappa shape index (κ2) is 6.33. The Kier molecular flexibility index (Phi) is 5.07. The molecule has 0 saturated carbocycles. The second-order valence-corrected chi connectivity index (χ2v) is 4.35. The highest BCUT2D eigenvalue weighted by Gasteiger charge is 2.20. The second-order valence-electron chi connectivity index (χ2n) is 4.35. The lowest BCUT2D eigenvalue weighted by Crippen LogP contribution is -2.36. The van der Waals surface area contributed by atoms with Crippen molar-refractivity contribution in [3.05, 3.63) is 17.5 Å². The van der Waals surface area contributed by atoms with Gasteiger partial charge in [-0.1, -0.05) is 13.8 Å². The van der Waals surface area contributed by atoms with Crippen LogP contribution in [-0.2, 0) is 0 Å². The summed E-state index contributed by atoms with van der Waals surface area (Å²) in [4.78, 5) is 22.5. The summed E-state index contributed by atoms with van der Waals surface area (Å²) >= 11 is 0. The first kappa shape index (κ1) is 14.4. The van der Waals surface area contributed by atoms with E-state index in [-0.39, 0.29) is 11.9 Å². The van der Waals surface area contributed by atoms with E-state index in [0.29, 0.717) is 11.6 Å². The Morgan fingerprint density at radius 2 is 2.00 bits per heavy atom. The van der Waals surface area contributed by atoms with Crippen LogP contribution in [0.25, 0.3) is 0 Å². The van der Waals surface area contributed by atoms with Crippen molar-refractivity contribution in [1.29, 1.82) is 0 Å². The van der Waals surface area contributed by atoms with Gasteiger partial charge >= 0.3 is 0 Å². The first-order valence-corrected chi connectivity index (χ1v) is 6.34. The highest BCUT2D eigenvalue weighted by Crippen LogP contribution is 2.12. The van der Waals surface area contributed by atoms with Gasteiger partial charge in [0.2, 0.25) is 5.95 Å². The van der Waals surface area contributed by atoms with Crippen molar-refractivity contribution in [3.8, 4) is 0 Å². The maximum Gasteiger partial charge on any atom is 0.272 e. The average Bonchev–Trinajstić information content (AvgIpc) is 2.38. The number of anilines is 1. The molecule has 100 valence electrons. The third-order valence-corrected chi connectivity index (χ3v) is 3.11. The van der Waals surface area contributed by atoms with Crippen molar-refractivity contribution in [2.24, 2.45) is 0 Å². The fourth-order valence-corrected chi connectivity index (χ4v) is 1.97. The van der Waals surface area contributed by atoms with Crippen LogP contribution < -0.4 is 5.32 Å². The number of hydrogen-bond donors (Lipinski definition) is 1. The first-order chi connectivity index (χ1) is 8.53. The number of aromatic nitrogens is 2. The number of carbonyl (C=O) groups excluding carboxylic acids is 1. The zero-order valence-electron chi connectivity index (χ0n) is 11.8. The summed E-state index contributed by atoms with van der Waals surface area (Å²) in [6, 6.07) is 1.98. The molecular formula is C13H22N4O. The summed E-state index contributed by atoms with van der Waals surface area (Å²) in [7, 11) is 3.57. The summed E-state index contributed by atoms with van der Waals surface area (Å²) in [5.74, 6) is 0.432. The Morgan fingerprint density at radius 1 is 1.39 bits per heavy atom. The van der Waals surface area contributed by atoms with Crippen LogP contribution in [0.2, 0.25) is 0 Å². The molecule has 5 heteroatoms. The molecule has 1 aromatic rings. The van der Waals surface area contributed by atoms with E-state index in [0.717, 1.165) is 18.5 Å². The van der Waals surface area contributed by atoms with Gasteiger partial charge < -0.3 is 10.2 Å². The monoisotopic (exact) mass is 250 g/mol. The van der Waals surface area contributed by atoms with Crippen LogP contribution >= 0.6 is 0 Å². The maximum absolute atomic E-state index is 12.3. The number of rotatable bonds is 5. The van der Waals surface area contributed by atoms with E-state index in [1.54, 1.807) is 18.0 Å². The van der Waals surface area contributed by atoms with Crippen LogP contribution in [0.4, 0.5) is 5.95 Å². The number of amides is 1. The lowest BCUT2D eigenvalue weighted by molar-refractivity contribution is 0.0717. The highest BCUT2D eigenvalue weighted by atomic mass is 16.2. The Hall–Kier alpha value is -1.65. The van der Waals surface area contributed by atoms with Gasteiger partial charge in [0.15, 0.2) is 0 Å².